The predicted octanol–water partition coefficient (Wildman–Crippen LogP) is 2.90. The van der Waals surface area contributed by atoms with E-state index >= 15 is 0 Å². The summed E-state index contributed by atoms with van der Waals surface area (Å²) >= 11 is 0. The van der Waals surface area contributed by atoms with Crippen LogP contribution in [0.15, 0.2) is 30.6 Å². The summed E-state index contributed by atoms with van der Waals surface area (Å²) in [7, 11) is 1.74. The van der Waals surface area contributed by atoms with Gasteiger partial charge in [-0.2, -0.15) is 0 Å². The molecule has 2 N–H and O–H groups in total. The van der Waals surface area contributed by atoms with Crippen LogP contribution in [0.25, 0.3) is 0 Å². The van der Waals surface area contributed by atoms with Crippen molar-refractivity contribution in [3.05, 3.63) is 47.4 Å². The third-order valence-electron chi connectivity index (χ3n) is 3.36. The van der Waals surface area contributed by atoms with Crippen molar-refractivity contribution in [2.45, 2.75) is 26.7 Å². The van der Waals surface area contributed by atoms with Crippen LogP contribution in [-0.4, -0.2) is 22.9 Å². The summed E-state index contributed by atoms with van der Waals surface area (Å²) in [6.45, 7) is 4.15. The van der Waals surface area contributed by atoms with E-state index in [1.165, 1.54) is 6.20 Å². The number of aromatic nitrogens is 2. The number of amides is 1. The van der Waals surface area contributed by atoms with Gasteiger partial charge in [0.1, 0.15) is 11.5 Å². The highest BCUT2D eigenvalue weighted by Crippen LogP contribution is 2.23. The molecule has 2 aromatic rings. The van der Waals surface area contributed by atoms with Crippen LogP contribution in [0.5, 0.6) is 0 Å². The van der Waals surface area contributed by atoms with Gasteiger partial charge >= 0.3 is 0 Å². The van der Waals surface area contributed by atoms with E-state index in [4.69, 9.17) is 0 Å². The monoisotopic (exact) mass is 284 g/mol. The lowest BCUT2D eigenvalue weighted by Crippen LogP contribution is -2.17. The standard InChI is InChI=1S/C16H20N4O/c1-4-11-7-6-8-12(5-2)15(11)20-16(21)13-9-18-10-14(17-3)19-13/h6-10H,4-5H2,1-3H3,(H,17,19)(H,20,21). The molecule has 0 aliphatic heterocycles. The van der Waals surface area contributed by atoms with Crippen LogP contribution < -0.4 is 10.6 Å². The van der Waals surface area contributed by atoms with E-state index in [2.05, 4.69) is 34.4 Å². The number of rotatable bonds is 5. The maximum Gasteiger partial charge on any atom is 0.275 e. The molecule has 1 amide bonds. The van der Waals surface area contributed by atoms with E-state index in [1.54, 1.807) is 13.2 Å². The zero-order valence-electron chi connectivity index (χ0n) is 12.6. The third-order valence-corrected chi connectivity index (χ3v) is 3.36. The van der Waals surface area contributed by atoms with Crippen molar-refractivity contribution in [1.29, 1.82) is 0 Å². The molecule has 0 saturated carbocycles. The fourth-order valence-corrected chi connectivity index (χ4v) is 2.18. The van der Waals surface area contributed by atoms with Crippen LogP contribution in [0, 0.1) is 0 Å². The van der Waals surface area contributed by atoms with Gasteiger partial charge in [0.25, 0.3) is 5.91 Å². The smallest absolute Gasteiger partial charge is 0.275 e. The van der Waals surface area contributed by atoms with Crippen molar-refractivity contribution < 1.29 is 4.79 Å². The van der Waals surface area contributed by atoms with Crippen molar-refractivity contribution in [2.24, 2.45) is 0 Å². The number of hydrogen-bond acceptors (Lipinski definition) is 4. The Bertz CT molecular complexity index is 618. The van der Waals surface area contributed by atoms with Gasteiger partial charge in [-0.15, -0.1) is 0 Å². The van der Waals surface area contributed by atoms with Gasteiger partial charge in [0.15, 0.2) is 0 Å². The maximum atomic E-state index is 12.4. The molecule has 0 unspecified atom stereocenters. The largest absolute Gasteiger partial charge is 0.372 e. The molecule has 1 heterocycles. The summed E-state index contributed by atoms with van der Waals surface area (Å²) in [6, 6.07) is 6.09. The van der Waals surface area contributed by atoms with E-state index in [1.807, 2.05) is 18.2 Å². The van der Waals surface area contributed by atoms with Gasteiger partial charge in [-0.3, -0.25) is 9.78 Å². The zero-order chi connectivity index (χ0) is 15.2. The van der Waals surface area contributed by atoms with E-state index < -0.39 is 0 Å². The minimum absolute atomic E-state index is 0.241. The van der Waals surface area contributed by atoms with Gasteiger partial charge in [0, 0.05) is 12.7 Å². The SMILES string of the molecule is CCc1cccc(CC)c1NC(=O)c1cncc(NC)n1. The van der Waals surface area contributed by atoms with Crippen molar-refractivity contribution in [3.8, 4) is 0 Å². The second-order valence-electron chi connectivity index (χ2n) is 4.65. The topological polar surface area (TPSA) is 66.9 Å². The summed E-state index contributed by atoms with van der Waals surface area (Å²) in [5, 5.41) is 5.86. The van der Waals surface area contributed by atoms with Gasteiger partial charge in [0.05, 0.1) is 12.4 Å². The van der Waals surface area contributed by atoms with Gasteiger partial charge in [-0.1, -0.05) is 32.0 Å². The first-order valence-corrected chi connectivity index (χ1v) is 7.11. The fourth-order valence-electron chi connectivity index (χ4n) is 2.18. The summed E-state index contributed by atoms with van der Waals surface area (Å²) in [5.41, 5.74) is 3.44. The normalized spacial score (nSPS) is 10.2. The molecule has 0 saturated heterocycles. The first kappa shape index (κ1) is 15.0. The number of nitrogens with one attached hydrogen (secondary N) is 2. The van der Waals surface area contributed by atoms with Crippen molar-refractivity contribution in [1.82, 2.24) is 9.97 Å². The van der Waals surface area contributed by atoms with E-state index in [0.717, 1.165) is 29.7 Å². The molecule has 5 nitrogen and oxygen atoms in total. The Hall–Kier alpha value is -2.43. The second-order valence-corrected chi connectivity index (χ2v) is 4.65. The summed E-state index contributed by atoms with van der Waals surface area (Å²) < 4.78 is 0. The molecule has 1 aromatic heterocycles. The van der Waals surface area contributed by atoms with Crippen LogP contribution in [0.3, 0.4) is 0 Å². The number of aryl methyl sites for hydroxylation is 2. The molecule has 0 spiro atoms. The van der Waals surface area contributed by atoms with Crippen LogP contribution in [-0.2, 0) is 12.8 Å². The first-order valence-electron chi connectivity index (χ1n) is 7.11. The molecule has 0 bridgehead atoms. The van der Waals surface area contributed by atoms with E-state index in [9.17, 15) is 4.79 Å². The van der Waals surface area contributed by atoms with Gasteiger partial charge < -0.3 is 10.6 Å². The molecule has 0 fully saturated rings. The quantitative estimate of drug-likeness (QED) is 0.886. The van der Waals surface area contributed by atoms with Gasteiger partial charge in [-0.25, -0.2) is 4.98 Å². The van der Waals surface area contributed by atoms with Crippen LogP contribution in [0.2, 0.25) is 0 Å². The number of carbonyl (C=O) groups excluding carboxylic acids is 1. The Labute approximate surface area is 124 Å². The first-order chi connectivity index (χ1) is 10.2. The summed E-state index contributed by atoms with van der Waals surface area (Å²) in [6.07, 6.45) is 4.78. The van der Waals surface area contributed by atoms with Crippen LogP contribution in [0.1, 0.15) is 35.5 Å². The highest BCUT2D eigenvalue weighted by Gasteiger charge is 2.13. The number of anilines is 2. The average Bonchev–Trinajstić information content (AvgIpc) is 2.54. The zero-order valence-corrected chi connectivity index (χ0v) is 12.6. The Kier molecular flexibility index (Phi) is 4.87. The van der Waals surface area contributed by atoms with E-state index in [0.29, 0.717) is 11.5 Å². The summed E-state index contributed by atoms with van der Waals surface area (Å²) in [4.78, 5) is 20.6. The lowest BCUT2D eigenvalue weighted by atomic mass is 10.0. The van der Waals surface area contributed by atoms with Crippen molar-refractivity contribution in [2.75, 3.05) is 17.7 Å². The van der Waals surface area contributed by atoms with Crippen molar-refractivity contribution >= 4 is 17.4 Å². The summed E-state index contributed by atoms with van der Waals surface area (Å²) in [5.74, 6) is 0.331. The Balaban J connectivity index is 2.30. The molecule has 110 valence electrons. The van der Waals surface area contributed by atoms with Crippen molar-refractivity contribution in [3.63, 3.8) is 0 Å². The van der Waals surface area contributed by atoms with Gasteiger partial charge in [0.2, 0.25) is 0 Å². The highest BCUT2D eigenvalue weighted by molar-refractivity contribution is 6.03. The number of carbonyl (C=O) groups is 1. The number of hydrogen-bond donors (Lipinski definition) is 2. The molecular formula is C16H20N4O. The Morgan fingerprint density at radius 2 is 1.81 bits per heavy atom. The molecule has 5 heteroatoms. The minimum atomic E-state index is -0.241. The lowest BCUT2D eigenvalue weighted by Gasteiger charge is -2.14. The molecule has 0 aliphatic rings. The number of para-hydroxylation sites is 1. The average molecular weight is 284 g/mol. The highest BCUT2D eigenvalue weighted by atomic mass is 16.1. The fraction of sp³-hybridized carbons (Fsp3) is 0.312. The molecule has 2 rings (SSSR count). The maximum absolute atomic E-state index is 12.4. The molecule has 0 radical (unpaired) electrons. The molecule has 1 aromatic carbocycles. The molecular weight excluding hydrogens is 264 g/mol. The predicted molar refractivity (Wildman–Crippen MR) is 84.7 cm³/mol. The second kappa shape index (κ2) is 6.83. The van der Waals surface area contributed by atoms with E-state index in [-0.39, 0.29) is 5.91 Å². The lowest BCUT2D eigenvalue weighted by molar-refractivity contribution is 0.102. The molecule has 0 atom stereocenters. The number of benzene rings is 1. The van der Waals surface area contributed by atoms with Gasteiger partial charge in [-0.05, 0) is 24.0 Å². The third kappa shape index (κ3) is 3.37. The number of nitrogens with zero attached hydrogens (tertiary/aromatic N) is 2. The molecule has 0 aliphatic carbocycles. The molecule has 21 heavy (non-hydrogen) atoms. The van der Waals surface area contributed by atoms with Crippen LogP contribution in [0.4, 0.5) is 11.5 Å². The minimum Gasteiger partial charge on any atom is -0.372 e. The Morgan fingerprint density at radius 1 is 1.14 bits per heavy atom. The Morgan fingerprint density at radius 3 is 2.38 bits per heavy atom. The van der Waals surface area contributed by atoms with Crippen LogP contribution >= 0.6 is 0 Å².